The zero-order valence-corrected chi connectivity index (χ0v) is 6.20. The second-order valence-corrected chi connectivity index (χ2v) is 2.19. The van der Waals surface area contributed by atoms with Gasteiger partial charge in [-0.25, -0.2) is 0 Å². The third-order valence-corrected chi connectivity index (χ3v) is 1.42. The highest BCUT2D eigenvalue weighted by molar-refractivity contribution is 5.94. The molecule has 3 nitrogen and oxygen atoms in total. The molecule has 1 rings (SSSR count). The zero-order valence-electron chi connectivity index (χ0n) is 9.20. The molecule has 0 saturated heterocycles. The SMILES string of the molecule is [2H]C([2H])([2H])NC(=O)c1ccc(C=O)cc1. The molecule has 0 atom stereocenters. The third-order valence-electron chi connectivity index (χ3n) is 1.42. The average Bonchev–Trinajstić information content (AvgIpc) is 2.15. The Morgan fingerprint density at radius 2 is 2.17 bits per heavy atom. The maximum atomic E-state index is 11.3. The molecule has 0 bridgehead atoms. The zero-order chi connectivity index (χ0) is 11.5. The van der Waals surface area contributed by atoms with Crippen LogP contribution >= 0.6 is 0 Å². The van der Waals surface area contributed by atoms with Gasteiger partial charge in [0, 0.05) is 22.2 Å². The van der Waals surface area contributed by atoms with Crippen LogP contribution in [0.2, 0.25) is 0 Å². The van der Waals surface area contributed by atoms with E-state index in [9.17, 15) is 9.59 Å². The molecule has 0 fully saturated rings. The molecule has 62 valence electrons. The van der Waals surface area contributed by atoms with Gasteiger partial charge in [0.25, 0.3) is 5.91 Å². The summed E-state index contributed by atoms with van der Waals surface area (Å²) in [5, 5.41) is 1.85. The fraction of sp³-hybridized carbons (Fsp3) is 0.111. The fourth-order valence-electron chi connectivity index (χ4n) is 0.785. The second kappa shape index (κ2) is 3.67. The maximum Gasteiger partial charge on any atom is 0.251 e. The average molecular weight is 166 g/mol. The van der Waals surface area contributed by atoms with Crippen LogP contribution < -0.4 is 5.32 Å². The topological polar surface area (TPSA) is 46.2 Å². The highest BCUT2D eigenvalue weighted by Crippen LogP contribution is 2.01. The third kappa shape index (κ3) is 1.69. The molecular weight excluding hydrogens is 154 g/mol. The Bertz CT molecular complexity index is 370. The van der Waals surface area contributed by atoms with Crippen molar-refractivity contribution in [1.82, 2.24) is 5.32 Å². The summed E-state index contributed by atoms with van der Waals surface area (Å²) in [5.41, 5.74) is 0.636. The van der Waals surface area contributed by atoms with Crippen molar-refractivity contribution >= 4 is 12.2 Å². The molecule has 1 N–H and O–H groups in total. The largest absolute Gasteiger partial charge is 0.355 e. The lowest BCUT2D eigenvalue weighted by Gasteiger charge is -1.98. The van der Waals surface area contributed by atoms with Gasteiger partial charge in [-0.2, -0.15) is 0 Å². The predicted molar refractivity (Wildman–Crippen MR) is 45.2 cm³/mol. The first kappa shape index (κ1) is 5.09. The summed E-state index contributed by atoms with van der Waals surface area (Å²) in [6, 6.07) is 5.68. The van der Waals surface area contributed by atoms with Gasteiger partial charge in [-0.1, -0.05) is 12.1 Å². The van der Waals surface area contributed by atoms with Crippen LogP contribution in [0.25, 0.3) is 0 Å². The van der Waals surface area contributed by atoms with E-state index in [0.717, 1.165) is 0 Å². The lowest BCUT2D eigenvalue weighted by molar-refractivity contribution is 0.0962. The van der Waals surface area contributed by atoms with E-state index in [0.29, 0.717) is 11.8 Å². The Labute approximate surface area is 74.6 Å². The number of hydrogen-bond acceptors (Lipinski definition) is 2. The number of carbonyl (C=O) groups is 2. The molecule has 1 amide bonds. The van der Waals surface area contributed by atoms with E-state index < -0.39 is 12.9 Å². The van der Waals surface area contributed by atoms with Gasteiger partial charge in [-0.15, -0.1) is 0 Å². The number of nitrogens with one attached hydrogen (secondary N) is 1. The van der Waals surface area contributed by atoms with Crippen molar-refractivity contribution in [1.29, 1.82) is 0 Å². The molecule has 0 unspecified atom stereocenters. The summed E-state index contributed by atoms with van der Waals surface area (Å²) in [6.45, 7) is -2.50. The molecule has 0 saturated carbocycles. The van der Waals surface area contributed by atoms with Crippen molar-refractivity contribution in [3.05, 3.63) is 35.4 Å². The van der Waals surface area contributed by atoms with Crippen LogP contribution in [-0.2, 0) is 0 Å². The number of hydrogen-bond donors (Lipinski definition) is 1. The highest BCUT2D eigenvalue weighted by Gasteiger charge is 2.00. The Balaban J connectivity index is 2.79. The van der Waals surface area contributed by atoms with Gasteiger partial charge in [0.15, 0.2) is 0 Å². The Morgan fingerprint density at radius 1 is 1.50 bits per heavy atom. The molecule has 0 aliphatic rings. The van der Waals surface area contributed by atoms with Gasteiger partial charge in [-0.3, -0.25) is 9.59 Å². The number of amides is 1. The quantitative estimate of drug-likeness (QED) is 0.662. The summed E-state index contributed by atoms with van der Waals surface area (Å²) >= 11 is 0. The van der Waals surface area contributed by atoms with Crippen molar-refractivity contribution in [2.45, 2.75) is 0 Å². The van der Waals surface area contributed by atoms with Crippen LogP contribution in [0.1, 0.15) is 24.8 Å². The van der Waals surface area contributed by atoms with E-state index >= 15 is 0 Å². The molecule has 0 aliphatic carbocycles. The summed E-state index contributed by atoms with van der Waals surface area (Å²) in [7, 11) is 0. The first-order chi connectivity index (χ1) is 6.92. The molecule has 12 heavy (non-hydrogen) atoms. The van der Waals surface area contributed by atoms with E-state index in [1.165, 1.54) is 24.3 Å². The maximum absolute atomic E-state index is 11.3. The fourth-order valence-corrected chi connectivity index (χ4v) is 0.785. The molecule has 1 aromatic rings. The monoisotopic (exact) mass is 166 g/mol. The summed E-state index contributed by atoms with van der Waals surface area (Å²) in [6.07, 6.45) is 0.644. The number of rotatable bonds is 2. The predicted octanol–water partition coefficient (Wildman–Crippen LogP) is 0.859. The lowest BCUT2D eigenvalue weighted by Crippen LogP contribution is -2.17. The molecule has 0 aromatic heterocycles. The van der Waals surface area contributed by atoms with Crippen LogP contribution in [0.3, 0.4) is 0 Å². The minimum Gasteiger partial charge on any atom is -0.355 e. The van der Waals surface area contributed by atoms with Crippen molar-refractivity contribution in [2.24, 2.45) is 0 Å². The second-order valence-electron chi connectivity index (χ2n) is 2.19. The van der Waals surface area contributed by atoms with Crippen LogP contribution in [-0.4, -0.2) is 19.2 Å². The molecule has 0 radical (unpaired) electrons. The summed E-state index contributed by atoms with van der Waals surface area (Å²) in [4.78, 5) is 21.6. The lowest BCUT2D eigenvalue weighted by atomic mass is 10.1. The van der Waals surface area contributed by atoms with E-state index in [-0.39, 0.29) is 5.56 Å². The van der Waals surface area contributed by atoms with E-state index in [4.69, 9.17) is 4.11 Å². The van der Waals surface area contributed by atoms with E-state index in [1.807, 2.05) is 5.32 Å². The van der Waals surface area contributed by atoms with Crippen LogP contribution in [0.5, 0.6) is 0 Å². The molecule has 0 aliphatic heterocycles. The smallest absolute Gasteiger partial charge is 0.251 e. The minimum absolute atomic E-state index is 0.205. The van der Waals surface area contributed by atoms with Crippen LogP contribution in [0.15, 0.2) is 24.3 Å². The van der Waals surface area contributed by atoms with Gasteiger partial charge < -0.3 is 5.32 Å². The minimum atomic E-state index is -2.50. The van der Waals surface area contributed by atoms with Crippen LogP contribution in [0.4, 0.5) is 0 Å². The number of aldehydes is 1. The summed E-state index contributed by atoms with van der Waals surface area (Å²) < 4.78 is 20.5. The van der Waals surface area contributed by atoms with Crippen molar-refractivity contribution in [3.63, 3.8) is 0 Å². The molecule has 0 spiro atoms. The van der Waals surface area contributed by atoms with Gasteiger partial charge in [-0.05, 0) is 12.1 Å². The van der Waals surface area contributed by atoms with E-state index in [2.05, 4.69) is 0 Å². The van der Waals surface area contributed by atoms with Gasteiger partial charge >= 0.3 is 0 Å². The first-order valence-electron chi connectivity index (χ1n) is 4.80. The Hall–Kier alpha value is -1.64. The Morgan fingerprint density at radius 3 is 2.67 bits per heavy atom. The van der Waals surface area contributed by atoms with Gasteiger partial charge in [0.1, 0.15) is 6.29 Å². The van der Waals surface area contributed by atoms with Crippen LogP contribution in [0, 0.1) is 0 Å². The first-order valence-corrected chi connectivity index (χ1v) is 3.30. The van der Waals surface area contributed by atoms with Gasteiger partial charge in [0.05, 0.1) is 0 Å². The molecule has 0 heterocycles. The molecule has 3 heteroatoms. The Kier molecular flexibility index (Phi) is 1.55. The number of carbonyl (C=O) groups excluding carboxylic acids is 2. The number of benzene rings is 1. The normalized spacial score (nSPS) is 13.8. The molecular formula is C9H9NO2. The highest BCUT2D eigenvalue weighted by atomic mass is 16.1. The van der Waals surface area contributed by atoms with Gasteiger partial charge in [0.2, 0.25) is 0 Å². The van der Waals surface area contributed by atoms with Crippen molar-refractivity contribution in [3.8, 4) is 0 Å². The van der Waals surface area contributed by atoms with Crippen molar-refractivity contribution < 1.29 is 13.7 Å². The summed E-state index contributed by atoms with van der Waals surface area (Å²) in [5.74, 6) is -0.688. The molecule has 1 aromatic carbocycles. The van der Waals surface area contributed by atoms with Crippen molar-refractivity contribution in [2.75, 3.05) is 6.98 Å². The standard InChI is InChI=1S/C9H9NO2/c1-10-9(12)8-4-2-7(6-11)3-5-8/h2-6H,1H3,(H,10,12)/i1D3. The van der Waals surface area contributed by atoms with E-state index in [1.54, 1.807) is 0 Å².